The Balaban J connectivity index is 1.06. The van der Waals surface area contributed by atoms with Gasteiger partial charge in [-0.05, 0) is 107 Å². The Labute approximate surface area is 233 Å². The summed E-state index contributed by atoms with van der Waals surface area (Å²) in [4.78, 5) is 20.5. The van der Waals surface area contributed by atoms with Gasteiger partial charge >= 0.3 is 0 Å². The molecule has 0 radical (unpaired) electrons. The first-order valence-electron chi connectivity index (χ1n) is 13.9. The summed E-state index contributed by atoms with van der Waals surface area (Å²) in [6, 6.07) is 25.7. The van der Waals surface area contributed by atoms with E-state index in [2.05, 4.69) is 60.1 Å². The van der Waals surface area contributed by atoms with E-state index in [1.807, 2.05) is 35.6 Å². The largest absolute Gasteiger partial charge is 0.350 e. The number of amides is 1. The number of allylic oxidation sites excluding steroid dienone is 1. The molecule has 7 rings (SSSR count). The van der Waals surface area contributed by atoms with Crippen LogP contribution in [-0.4, -0.2) is 18.8 Å². The van der Waals surface area contributed by atoms with Crippen LogP contribution in [0.15, 0.2) is 72.8 Å². The van der Waals surface area contributed by atoms with Crippen LogP contribution >= 0.6 is 11.3 Å². The molecule has 1 aliphatic heterocycles. The summed E-state index contributed by atoms with van der Waals surface area (Å²) >= 11 is 1.82. The highest BCUT2D eigenvalue weighted by Crippen LogP contribution is 2.42. The first-order chi connectivity index (χ1) is 19.2. The second kappa shape index (κ2) is 10.6. The number of benzene rings is 3. The average molecular weight is 534 g/mol. The number of rotatable bonds is 5. The van der Waals surface area contributed by atoms with Gasteiger partial charge in [-0.3, -0.25) is 4.79 Å². The summed E-state index contributed by atoms with van der Waals surface area (Å²) in [6.45, 7) is 0.679. The SMILES string of the molecule is O=C(NOC1CCCCO1)c1ccc(-c2ccc(C3=Cc4ccc5c(c4CC3)CCc3ccccc3-5)s2)cc1. The van der Waals surface area contributed by atoms with Crippen LogP contribution < -0.4 is 5.48 Å². The molecule has 5 heteroatoms. The number of hydrogen-bond donors (Lipinski definition) is 1. The summed E-state index contributed by atoms with van der Waals surface area (Å²) in [6.07, 6.45) is 9.38. The lowest BCUT2D eigenvalue weighted by Crippen LogP contribution is -2.33. The van der Waals surface area contributed by atoms with Gasteiger partial charge in [-0.1, -0.05) is 54.6 Å². The van der Waals surface area contributed by atoms with Gasteiger partial charge in [-0.2, -0.15) is 0 Å². The van der Waals surface area contributed by atoms with E-state index in [0.29, 0.717) is 12.2 Å². The molecule has 1 amide bonds. The zero-order valence-electron chi connectivity index (χ0n) is 21.9. The molecule has 1 aromatic heterocycles. The lowest BCUT2D eigenvalue weighted by molar-refractivity contribution is -0.186. The predicted octanol–water partition coefficient (Wildman–Crippen LogP) is 7.86. The van der Waals surface area contributed by atoms with Crippen molar-refractivity contribution >= 4 is 28.9 Å². The van der Waals surface area contributed by atoms with Gasteiger partial charge in [-0.15, -0.1) is 11.3 Å². The van der Waals surface area contributed by atoms with Crippen molar-refractivity contribution in [1.29, 1.82) is 0 Å². The molecule has 0 bridgehead atoms. The molecule has 1 atom stereocenters. The van der Waals surface area contributed by atoms with Crippen LogP contribution in [0.1, 0.15) is 63.2 Å². The second-order valence-corrected chi connectivity index (χ2v) is 11.7. The molecule has 2 aliphatic carbocycles. The number of carbonyl (C=O) groups is 1. The van der Waals surface area contributed by atoms with Crippen LogP contribution in [0.5, 0.6) is 0 Å². The van der Waals surface area contributed by atoms with Crippen LogP contribution in [0.3, 0.4) is 0 Å². The number of thiophene rings is 1. The maximum absolute atomic E-state index is 12.5. The highest BCUT2D eigenvalue weighted by Gasteiger charge is 2.23. The zero-order chi connectivity index (χ0) is 26.2. The minimum atomic E-state index is -0.352. The van der Waals surface area contributed by atoms with Gasteiger partial charge in [0, 0.05) is 28.3 Å². The number of carbonyl (C=O) groups excluding carboxylic acids is 1. The van der Waals surface area contributed by atoms with Gasteiger partial charge in [-0.25, -0.2) is 10.3 Å². The molecule has 0 spiro atoms. The Kier molecular flexibility index (Phi) is 6.65. The molecule has 1 unspecified atom stereocenters. The number of hydroxylamine groups is 1. The standard InChI is InChI=1S/C34H31NO3S/c36-34(35-38-33-7-3-4-20-37-33)24-10-8-23(9-11-24)31-18-19-32(39-31)26-14-15-28-25(21-26)13-17-29-27-6-2-1-5-22(27)12-16-30(28)29/h1-2,5-6,8-11,13,17-19,21,33H,3-4,7,12,14-16,20H2,(H,35,36). The van der Waals surface area contributed by atoms with Gasteiger partial charge in [0.25, 0.3) is 5.91 Å². The van der Waals surface area contributed by atoms with Crippen LogP contribution in [0, 0.1) is 0 Å². The van der Waals surface area contributed by atoms with E-state index in [1.54, 1.807) is 5.56 Å². The lowest BCUT2D eigenvalue weighted by Gasteiger charge is -2.26. The van der Waals surface area contributed by atoms with Crippen molar-refractivity contribution < 1.29 is 14.4 Å². The summed E-state index contributed by atoms with van der Waals surface area (Å²) in [5, 5.41) is 0. The summed E-state index contributed by atoms with van der Waals surface area (Å²) in [5.41, 5.74) is 14.4. The predicted molar refractivity (Wildman–Crippen MR) is 157 cm³/mol. The summed E-state index contributed by atoms with van der Waals surface area (Å²) < 4.78 is 5.51. The van der Waals surface area contributed by atoms with Crippen molar-refractivity contribution in [2.75, 3.05) is 6.61 Å². The van der Waals surface area contributed by atoms with Gasteiger partial charge in [0.15, 0.2) is 6.29 Å². The van der Waals surface area contributed by atoms with E-state index < -0.39 is 0 Å². The fourth-order valence-corrected chi connectivity index (χ4v) is 7.14. The van der Waals surface area contributed by atoms with Crippen LogP contribution in [-0.2, 0) is 28.8 Å². The van der Waals surface area contributed by atoms with Crippen LogP contribution in [0.2, 0.25) is 0 Å². The number of fused-ring (bicyclic) bond motifs is 5. The van der Waals surface area contributed by atoms with Crippen molar-refractivity contribution in [3.63, 3.8) is 0 Å². The minimum Gasteiger partial charge on any atom is -0.350 e. The Bertz CT molecular complexity index is 1560. The van der Waals surface area contributed by atoms with Gasteiger partial charge in [0.05, 0.1) is 0 Å². The molecule has 1 saturated heterocycles. The van der Waals surface area contributed by atoms with Crippen molar-refractivity contribution in [1.82, 2.24) is 5.48 Å². The minimum absolute atomic E-state index is 0.251. The van der Waals surface area contributed by atoms with Gasteiger partial charge < -0.3 is 4.74 Å². The van der Waals surface area contributed by atoms with E-state index in [0.717, 1.165) is 50.5 Å². The maximum atomic E-state index is 12.5. The number of hydrogen-bond acceptors (Lipinski definition) is 4. The van der Waals surface area contributed by atoms with E-state index >= 15 is 0 Å². The highest BCUT2D eigenvalue weighted by atomic mass is 32.1. The Hall–Kier alpha value is -3.51. The third-order valence-corrected chi connectivity index (χ3v) is 9.38. The summed E-state index contributed by atoms with van der Waals surface area (Å²) in [5.74, 6) is -0.251. The second-order valence-electron chi connectivity index (χ2n) is 10.6. The number of nitrogens with one attached hydrogen (secondary N) is 1. The molecule has 39 heavy (non-hydrogen) atoms. The molecule has 1 fully saturated rings. The van der Waals surface area contributed by atoms with E-state index in [9.17, 15) is 4.79 Å². The van der Waals surface area contributed by atoms with Crippen LogP contribution in [0.4, 0.5) is 0 Å². The fraction of sp³-hybridized carbons (Fsp3) is 0.265. The third-order valence-electron chi connectivity index (χ3n) is 8.17. The molecule has 0 saturated carbocycles. The first-order valence-corrected chi connectivity index (χ1v) is 14.8. The number of ether oxygens (including phenoxy) is 1. The molecule has 1 N–H and O–H groups in total. The third kappa shape index (κ3) is 4.87. The highest BCUT2D eigenvalue weighted by molar-refractivity contribution is 7.16. The van der Waals surface area contributed by atoms with Gasteiger partial charge in [0.1, 0.15) is 0 Å². The van der Waals surface area contributed by atoms with Crippen molar-refractivity contribution in [3.05, 3.63) is 105 Å². The number of aryl methyl sites for hydroxylation is 1. The molecular formula is C34H31NO3S. The first kappa shape index (κ1) is 24.5. The molecule has 4 nitrogen and oxygen atoms in total. The monoisotopic (exact) mass is 533 g/mol. The molecule has 4 aromatic rings. The molecule has 3 aliphatic rings. The Morgan fingerprint density at radius 2 is 1.67 bits per heavy atom. The molecule has 196 valence electrons. The van der Waals surface area contributed by atoms with Crippen molar-refractivity contribution in [2.45, 2.75) is 51.2 Å². The molecule has 2 heterocycles. The summed E-state index contributed by atoms with van der Waals surface area (Å²) in [7, 11) is 0. The van der Waals surface area contributed by atoms with E-state index in [1.165, 1.54) is 43.1 Å². The van der Waals surface area contributed by atoms with E-state index in [-0.39, 0.29) is 12.2 Å². The van der Waals surface area contributed by atoms with E-state index in [4.69, 9.17) is 9.57 Å². The zero-order valence-corrected chi connectivity index (χ0v) is 22.7. The Morgan fingerprint density at radius 1 is 0.821 bits per heavy atom. The fourth-order valence-electron chi connectivity index (χ4n) is 6.09. The Morgan fingerprint density at radius 3 is 2.54 bits per heavy atom. The van der Waals surface area contributed by atoms with Crippen molar-refractivity contribution in [2.24, 2.45) is 0 Å². The quantitative estimate of drug-likeness (QED) is 0.266. The average Bonchev–Trinajstić information content (AvgIpc) is 3.50. The topological polar surface area (TPSA) is 47.6 Å². The maximum Gasteiger partial charge on any atom is 0.274 e. The smallest absolute Gasteiger partial charge is 0.274 e. The normalized spacial score (nSPS) is 17.9. The lowest BCUT2D eigenvalue weighted by atomic mass is 9.78. The molecular weight excluding hydrogens is 502 g/mol. The van der Waals surface area contributed by atoms with Gasteiger partial charge in [0.2, 0.25) is 0 Å². The molecule has 3 aromatic carbocycles. The van der Waals surface area contributed by atoms with Crippen LogP contribution in [0.25, 0.3) is 33.2 Å². The van der Waals surface area contributed by atoms with Crippen molar-refractivity contribution in [3.8, 4) is 21.6 Å².